The molecule has 0 spiro atoms. The molecule has 3 saturated heterocycles. The fourth-order valence-corrected chi connectivity index (χ4v) is 6.14. The highest BCUT2D eigenvalue weighted by Gasteiger charge is 2.44. The van der Waals surface area contributed by atoms with E-state index in [1.54, 1.807) is 0 Å². The van der Waals surface area contributed by atoms with Crippen molar-refractivity contribution in [3.8, 4) is 0 Å². The van der Waals surface area contributed by atoms with Gasteiger partial charge in [-0.15, -0.1) is 0 Å². The number of nitrogens with one attached hydrogen (secondary N) is 1. The van der Waals surface area contributed by atoms with E-state index in [9.17, 15) is 13.2 Å². The summed E-state index contributed by atoms with van der Waals surface area (Å²) in [6.45, 7) is 2.97. The summed E-state index contributed by atoms with van der Waals surface area (Å²) >= 11 is 0. The fourth-order valence-electron chi connectivity index (χ4n) is 4.12. The lowest BCUT2D eigenvalue weighted by Crippen LogP contribution is -2.58. The highest BCUT2D eigenvalue weighted by atomic mass is 32.2. The predicted octanol–water partition coefficient (Wildman–Crippen LogP) is 0.342. The van der Waals surface area contributed by atoms with Gasteiger partial charge in [0.25, 0.3) is 0 Å². The summed E-state index contributed by atoms with van der Waals surface area (Å²) in [4.78, 5) is 14.1. The fraction of sp³-hybridized carbons (Fsp3) is 0.929. The molecular formula is C14H24N2O4S. The molecule has 0 aromatic heterocycles. The van der Waals surface area contributed by atoms with Gasteiger partial charge < -0.3 is 9.64 Å². The number of rotatable bonds is 4. The van der Waals surface area contributed by atoms with Gasteiger partial charge in [-0.2, -0.15) is 0 Å². The first-order valence-corrected chi connectivity index (χ1v) is 9.37. The summed E-state index contributed by atoms with van der Waals surface area (Å²) < 4.78 is 33.0. The van der Waals surface area contributed by atoms with Crippen molar-refractivity contribution in [2.24, 2.45) is 11.8 Å². The molecule has 4 aliphatic rings. The maximum absolute atomic E-state index is 12.7. The largest absolute Gasteiger partial charge is 0.469 e. The molecule has 0 radical (unpaired) electrons. The minimum atomic E-state index is -3.46. The highest BCUT2D eigenvalue weighted by Crippen LogP contribution is 2.33. The smallest absolute Gasteiger partial charge is 0.310 e. The molecule has 6 nitrogen and oxygen atoms in total. The number of esters is 1. The zero-order chi connectivity index (χ0) is 15.0. The summed E-state index contributed by atoms with van der Waals surface area (Å²) in [6, 6.07) is 0.0106. The quantitative estimate of drug-likeness (QED) is 0.757. The lowest BCUT2D eigenvalue weighted by Gasteiger charge is -2.45. The van der Waals surface area contributed by atoms with E-state index < -0.39 is 27.2 Å². The number of carbonyl (C=O) groups is 1. The van der Waals surface area contributed by atoms with Gasteiger partial charge in [-0.1, -0.05) is 6.42 Å². The second kappa shape index (κ2) is 5.85. The molecule has 4 rings (SSSR count). The van der Waals surface area contributed by atoms with Gasteiger partial charge in [0.1, 0.15) is 0 Å². The van der Waals surface area contributed by atoms with Gasteiger partial charge in [-0.05, 0) is 44.7 Å². The van der Waals surface area contributed by atoms with Gasteiger partial charge in [-0.3, -0.25) is 4.79 Å². The third kappa shape index (κ3) is 2.96. The lowest BCUT2D eigenvalue weighted by molar-refractivity contribution is -0.145. The first-order chi connectivity index (χ1) is 10.0. The Hall–Kier alpha value is -0.660. The molecule has 7 heteroatoms. The first-order valence-electron chi connectivity index (χ1n) is 7.82. The predicted molar refractivity (Wildman–Crippen MR) is 78.2 cm³/mol. The van der Waals surface area contributed by atoms with Crippen LogP contribution >= 0.6 is 0 Å². The van der Waals surface area contributed by atoms with Crippen molar-refractivity contribution in [2.75, 3.05) is 26.7 Å². The zero-order valence-electron chi connectivity index (χ0n) is 12.5. The van der Waals surface area contributed by atoms with Crippen molar-refractivity contribution in [1.82, 2.24) is 9.62 Å². The van der Waals surface area contributed by atoms with Gasteiger partial charge in [-0.25, -0.2) is 13.1 Å². The number of hydrogen-bond acceptors (Lipinski definition) is 5. The van der Waals surface area contributed by atoms with E-state index in [0.29, 0.717) is 18.8 Å². The van der Waals surface area contributed by atoms with Crippen LogP contribution in [0.15, 0.2) is 0 Å². The summed E-state index contributed by atoms with van der Waals surface area (Å²) in [5.74, 6) is -0.451. The van der Waals surface area contributed by atoms with Crippen LogP contribution in [0.3, 0.4) is 0 Å². The molecule has 1 aliphatic carbocycles. The third-order valence-electron chi connectivity index (χ3n) is 5.33. The number of fused-ring (bicyclic) bond motifs is 3. The zero-order valence-corrected chi connectivity index (χ0v) is 13.3. The number of piperidine rings is 3. The average Bonchev–Trinajstić information content (AvgIpc) is 2.97. The van der Waals surface area contributed by atoms with Crippen LogP contribution in [0.5, 0.6) is 0 Å². The molecule has 120 valence electrons. The van der Waals surface area contributed by atoms with Crippen molar-refractivity contribution < 1.29 is 17.9 Å². The molecule has 3 atom stereocenters. The molecule has 0 aromatic carbocycles. The number of ether oxygens (including phenoxy) is 1. The molecule has 3 unspecified atom stereocenters. The minimum Gasteiger partial charge on any atom is -0.469 e. The normalized spacial score (nSPS) is 39.4. The van der Waals surface area contributed by atoms with E-state index in [4.69, 9.17) is 4.74 Å². The van der Waals surface area contributed by atoms with Crippen LogP contribution in [0.4, 0.5) is 0 Å². The van der Waals surface area contributed by atoms with Crippen molar-refractivity contribution in [3.05, 3.63) is 0 Å². The summed E-state index contributed by atoms with van der Waals surface area (Å²) in [6.07, 6.45) is 4.07. The number of sulfonamides is 1. The van der Waals surface area contributed by atoms with E-state index in [1.165, 1.54) is 7.11 Å². The number of carbonyl (C=O) groups excluding carboxylic acids is 1. The second-order valence-electron chi connectivity index (χ2n) is 6.51. The number of nitrogens with zero attached hydrogens (tertiary/aromatic N) is 1. The Morgan fingerprint density at radius 1 is 1.19 bits per heavy atom. The SMILES string of the molecule is COC(=O)C1CCCC1S(=O)(=O)NC1CN2CCC1CC2. The Bertz CT molecular complexity index is 499. The Morgan fingerprint density at radius 2 is 1.90 bits per heavy atom. The highest BCUT2D eigenvalue weighted by molar-refractivity contribution is 7.90. The minimum absolute atomic E-state index is 0.0106. The van der Waals surface area contributed by atoms with Gasteiger partial charge in [0.05, 0.1) is 18.3 Å². The third-order valence-corrected chi connectivity index (χ3v) is 7.32. The first kappa shape index (κ1) is 15.2. The van der Waals surface area contributed by atoms with Crippen LogP contribution in [0.2, 0.25) is 0 Å². The van der Waals surface area contributed by atoms with E-state index >= 15 is 0 Å². The monoisotopic (exact) mass is 316 g/mol. The van der Waals surface area contributed by atoms with Crippen LogP contribution < -0.4 is 4.72 Å². The van der Waals surface area contributed by atoms with Crippen LogP contribution in [-0.2, 0) is 19.6 Å². The van der Waals surface area contributed by atoms with E-state index in [1.807, 2.05) is 0 Å². The molecule has 0 amide bonds. The summed E-state index contributed by atoms with van der Waals surface area (Å²) in [7, 11) is -2.14. The van der Waals surface area contributed by atoms with Gasteiger partial charge in [0.15, 0.2) is 0 Å². The second-order valence-corrected chi connectivity index (χ2v) is 8.44. The number of hydrogen-bond donors (Lipinski definition) is 1. The van der Waals surface area contributed by atoms with Crippen molar-refractivity contribution >= 4 is 16.0 Å². The van der Waals surface area contributed by atoms with Crippen molar-refractivity contribution in [2.45, 2.75) is 43.4 Å². The van der Waals surface area contributed by atoms with Crippen LogP contribution in [0, 0.1) is 11.8 Å². The topological polar surface area (TPSA) is 75.7 Å². The van der Waals surface area contributed by atoms with E-state index in [2.05, 4.69) is 9.62 Å². The molecule has 21 heavy (non-hydrogen) atoms. The molecule has 3 heterocycles. The molecule has 3 aliphatic heterocycles. The Morgan fingerprint density at radius 3 is 2.48 bits per heavy atom. The van der Waals surface area contributed by atoms with Gasteiger partial charge in [0.2, 0.25) is 10.0 Å². The Labute approximate surface area is 126 Å². The summed E-state index contributed by atoms with van der Waals surface area (Å²) in [5.41, 5.74) is 0. The molecular weight excluding hydrogens is 292 g/mol. The van der Waals surface area contributed by atoms with Gasteiger partial charge in [0, 0.05) is 12.6 Å². The molecule has 1 saturated carbocycles. The molecule has 0 aromatic rings. The Balaban J connectivity index is 1.70. The lowest BCUT2D eigenvalue weighted by atomic mass is 9.85. The van der Waals surface area contributed by atoms with Gasteiger partial charge >= 0.3 is 5.97 Å². The maximum atomic E-state index is 12.7. The van der Waals surface area contributed by atoms with Crippen molar-refractivity contribution in [3.63, 3.8) is 0 Å². The molecule has 4 fully saturated rings. The standard InChI is InChI=1S/C14H24N2O4S/c1-20-14(17)11-3-2-4-13(11)21(18,19)15-12-9-16-7-5-10(12)6-8-16/h10-13,15H,2-9H2,1H3. The number of methoxy groups -OCH3 is 1. The van der Waals surface area contributed by atoms with E-state index in [-0.39, 0.29) is 6.04 Å². The molecule has 2 bridgehead atoms. The van der Waals surface area contributed by atoms with Crippen LogP contribution in [0.1, 0.15) is 32.1 Å². The van der Waals surface area contributed by atoms with Crippen molar-refractivity contribution in [1.29, 1.82) is 0 Å². The average molecular weight is 316 g/mol. The van der Waals surface area contributed by atoms with Crippen LogP contribution in [-0.4, -0.2) is 57.3 Å². The van der Waals surface area contributed by atoms with Crippen LogP contribution in [0.25, 0.3) is 0 Å². The summed E-state index contributed by atoms with van der Waals surface area (Å²) in [5, 5.41) is -0.625. The van der Waals surface area contributed by atoms with E-state index in [0.717, 1.165) is 38.9 Å². The Kier molecular flexibility index (Phi) is 4.25. The molecule has 1 N–H and O–H groups in total. The maximum Gasteiger partial charge on any atom is 0.310 e.